The van der Waals surface area contributed by atoms with E-state index in [9.17, 15) is 4.79 Å². The van der Waals surface area contributed by atoms with Crippen LogP contribution in [0.2, 0.25) is 0 Å². The van der Waals surface area contributed by atoms with Crippen molar-refractivity contribution < 1.29 is 4.79 Å². The fourth-order valence-corrected chi connectivity index (χ4v) is 4.80. The average Bonchev–Trinajstić information content (AvgIpc) is 3.55. The molecule has 1 saturated heterocycles. The van der Waals surface area contributed by atoms with Crippen LogP contribution in [0.1, 0.15) is 73.3 Å². The number of carbonyl (C=O) groups excluding carboxylic acids is 1. The standard InChI is InChI=1S/C23H27N5O/c29-23(21-13-14-25-28(21)18-10-4-5-11-18)27-15-7-6-12-20(27)22-24-16-19(26-22)17-8-2-1-3-9-17/h1-3,8-9,13-14,16,18,20H,4-7,10-12,15H2,(H,24,26). The number of nitrogens with one attached hydrogen (secondary N) is 1. The van der Waals surface area contributed by atoms with Crippen molar-refractivity contribution in [2.45, 2.75) is 57.0 Å². The largest absolute Gasteiger partial charge is 0.340 e. The van der Waals surface area contributed by atoms with Crippen molar-refractivity contribution in [1.29, 1.82) is 0 Å². The molecular formula is C23H27N5O. The molecule has 0 bridgehead atoms. The normalized spacial score (nSPS) is 20.3. The van der Waals surface area contributed by atoms with Crippen LogP contribution in [0.3, 0.4) is 0 Å². The van der Waals surface area contributed by atoms with Gasteiger partial charge in [0.1, 0.15) is 11.5 Å². The Kier molecular flexibility index (Phi) is 4.92. The number of likely N-dealkylation sites (tertiary alicyclic amines) is 1. The van der Waals surface area contributed by atoms with E-state index in [1.54, 1.807) is 6.20 Å². The molecule has 2 aromatic heterocycles. The maximum Gasteiger partial charge on any atom is 0.272 e. The van der Waals surface area contributed by atoms with Crippen LogP contribution in [-0.2, 0) is 0 Å². The first-order valence-electron chi connectivity index (χ1n) is 10.8. The van der Waals surface area contributed by atoms with Gasteiger partial charge in [0.25, 0.3) is 5.91 Å². The highest BCUT2D eigenvalue weighted by atomic mass is 16.2. The lowest BCUT2D eigenvalue weighted by atomic mass is 10.0. The summed E-state index contributed by atoms with van der Waals surface area (Å²) in [6.07, 6.45) is 11.4. The summed E-state index contributed by atoms with van der Waals surface area (Å²) in [6.45, 7) is 0.765. The van der Waals surface area contributed by atoms with Crippen LogP contribution in [0.4, 0.5) is 0 Å². The lowest BCUT2D eigenvalue weighted by Crippen LogP contribution is -2.40. The number of aromatic amines is 1. The zero-order valence-electron chi connectivity index (χ0n) is 16.6. The van der Waals surface area contributed by atoms with Gasteiger partial charge in [-0.15, -0.1) is 0 Å². The van der Waals surface area contributed by atoms with Crippen LogP contribution in [0, 0.1) is 0 Å². The van der Waals surface area contributed by atoms with E-state index in [1.807, 2.05) is 40.0 Å². The van der Waals surface area contributed by atoms with Gasteiger partial charge in [0.15, 0.2) is 0 Å². The van der Waals surface area contributed by atoms with Crippen LogP contribution in [0.15, 0.2) is 48.8 Å². The Bertz CT molecular complexity index is 970. The lowest BCUT2D eigenvalue weighted by molar-refractivity contribution is 0.0585. The van der Waals surface area contributed by atoms with Crippen LogP contribution in [0.25, 0.3) is 11.3 Å². The number of hydrogen-bond donors (Lipinski definition) is 1. The van der Waals surface area contributed by atoms with Gasteiger partial charge in [-0.2, -0.15) is 5.10 Å². The van der Waals surface area contributed by atoms with Gasteiger partial charge < -0.3 is 9.88 Å². The topological polar surface area (TPSA) is 66.8 Å². The SMILES string of the molecule is O=C(c1ccnn1C1CCCC1)N1CCCCC1c1ncc(-c2ccccc2)[nH]1. The number of piperidine rings is 1. The fraction of sp³-hybridized carbons (Fsp3) is 0.435. The Hall–Kier alpha value is -2.89. The number of hydrogen-bond acceptors (Lipinski definition) is 3. The molecule has 1 unspecified atom stereocenters. The van der Waals surface area contributed by atoms with Gasteiger partial charge in [-0.05, 0) is 43.7 Å². The van der Waals surface area contributed by atoms with Crippen molar-refractivity contribution in [2.75, 3.05) is 6.54 Å². The van der Waals surface area contributed by atoms with E-state index in [0.717, 1.165) is 61.4 Å². The first kappa shape index (κ1) is 18.2. The summed E-state index contributed by atoms with van der Waals surface area (Å²) in [5.74, 6) is 0.959. The number of aromatic nitrogens is 4. The van der Waals surface area contributed by atoms with E-state index in [-0.39, 0.29) is 11.9 Å². The molecule has 0 spiro atoms. The molecule has 1 aliphatic carbocycles. The van der Waals surface area contributed by atoms with E-state index >= 15 is 0 Å². The van der Waals surface area contributed by atoms with Gasteiger partial charge in [0, 0.05) is 12.7 Å². The highest BCUT2D eigenvalue weighted by Gasteiger charge is 2.33. The first-order chi connectivity index (χ1) is 14.3. The van der Waals surface area contributed by atoms with Gasteiger partial charge in [0.2, 0.25) is 0 Å². The van der Waals surface area contributed by atoms with E-state index in [2.05, 4.69) is 27.2 Å². The van der Waals surface area contributed by atoms with Gasteiger partial charge in [-0.1, -0.05) is 43.2 Å². The minimum atomic E-state index is -0.0133. The number of H-pyrrole nitrogens is 1. The smallest absolute Gasteiger partial charge is 0.272 e. The third-order valence-electron chi connectivity index (χ3n) is 6.32. The highest BCUT2D eigenvalue weighted by Crippen LogP contribution is 2.34. The molecule has 1 amide bonds. The summed E-state index contributed by atoms with van der Waals surface area (Å²) in [4.78, 5) is 23.7. The Balaban J connectivity index is 1.42. The monoisotopic (exact) mass is 389 g/mol. The molecule has 1 aromatic carbocycles. The zero-order valence-corrected chi connectivity index (χ0v) is 16.6. The van der Waals surface area contributed by atoms with Crippen LogP contribution < -0.4 is 0 Å². The number of benzene rings is 1. The zero-order chi connectivity index (χ0) is 19.6. The molecular weight excluding hydrogens is 362 g/mol. The molecule has 2 aliphatic rings. The summed E-state index contributed by atoms with van der Waals surface area (Å²) < 4.78 is 1.97. The summed E-state index contributed by atoms with van der Waals surface area (Å²) >= 11 is 0. The van der Waals surface area contributed by atoms with E-state index in [4.69, 9.17) is 0 Å². The summed E-state index contributed by atoms with van der Waals surface area (Å²) in [7, 11) is 0. The Morgan fingerprint density at radius 3 is 2.62 bits per heavy atom. The molecule has 150 valence electrons. The molecule has 5 rings (SSSR count). The number of rotatable bonds is 4. The molecule has 1 N–H and O–H groups in total. The lowest BCUT2D eigenvalue weighted by Gasteiger charge is -2.34. The van der Waals surface area contributed by atoms with Crippen molar-refractivity contribution in [2.24, 2.45) is 0 Å². The second kappa shape index (κ2) is 7.85. The molecule has 1 atom stereocenters. The molecule has 2 fully saturated rings. The van der Waals surface area contributed by atoms with E-state index in [1.165, 1.54) is 12.8 Å². The van der Waals surface area contributed by atoms with Crippen molar-refractivity contribution in [3.63, 3.8) is 0 Å². The Morgan fingerprint density at radius 2 is 1.79 bits per heavy atom. The molecule has 3 heterocycles. The quantitative estimate of drug-likeness (QED) is 0.700. The third-order valence-corrected chi connectivity index (χ3v) is 6.32. The maximum absolute atomic E-state index is 13.5. The van der Waals surface area contributed by atoms with Gasteiger partial charge in [0.05, 0.1) is 24.0 Å². The second-order valence-corrected chi connectivity index (χ2v) is 8.16. The summed E-state index contributed by atoms with van der Waals surface area (Å²) in [5, 5.41) is 4.50. The summed E-state index contributed by atoms with van der Waals surface area (Å²) in [6, 6.07) is 12.4. The third kappa shape index (κ3) is 3.48. The van der Waals surface area contributed by atoms with Gasteiger partial charge in [-0.25, -0.2) is 4.98 Å². The molecule has 29 heavy (non-hydrogen) atoms. The van der Waals surface area contributed by atoms with Crippen molar-refractivity contribution in [3.05, 3.63) is 60.3 Å². The maximum atomic E-state index is 13.5. The molecule has 6 nitrogen and oxygen atoms in total. The predicted molar refractivity (Wildman–Crippen MR) is 111 cm³/mol. The Labute approximate surface area is 171 Å². The highest BCUT2D eigenvalue weighted by molar-refractivity contribution is 5.93. The minimum Gasteiger partial charge on any atom is -0.340 e. The van der Waals surface area contributed by atoms with Crippen LogP contribution >= 0.6 is 0 Å². The number of nitrogens with zero attached hydrogens (tertiary/aromatic N) is 4. The van der Waals surface area contributed by atoms with Crippen molar-refractivity contribution >= 4 is 5.91 Å². The van der Waals surface area contributed by atoms with Crippen LogP contribution in [-0.4, -0.2) is 37.1 Å². The number of amides is 1. The second-order valence-electron chi connectivity index (χ2n) is 8.16. The predicted octanol–water partition coefficient (Wildman–Crippen LogP) is 4.76. The van der Waals surface area contributed by atoms with Gasteiger partial charge >= 0.3 is 0 Å². The molecule has 1 aliphatic heterocycles. The van der Waals surface area contributed by atoms with E-state index < -0.39 is 0 Å². The molecule has 1 saturated carbocycles. The average molecular weight is 390 g/mol. The van der Waals surface area contributed by atoms with Crippen LogP contribution in [0.5, 0.6) is 0 Å². The van der Waals surface area contributed by atoms with E-state index in [0.29, 0.717) is 6.04 Å². The molecule has 0 radical (unpaired) electrons. The molecule has 6 heteroatoms. The fourth-order valence-electron chi connectivity index (χ4n) is 4.80. The number of carbonyl (C=O) groups is 1. The van der Waals surface area contributed by atoms with Crippen molar-refractivity contribution in [3.8, 4) is 11.3 Å². The number of imidazole rings is 1. The summed E-state index contributed by atoms with van der Waals surface area (Å²) in [5.41, 5.74) is 2.83. The van der Waals surface area contributed by atoms with Crippen molar-refractivity contribution in [1.82, 2.24) is 24.6 Å². The Morgan fingerprint density at radius 1 is 1.00 bits per heavy atom. The first-order valence-corrected chi connectivity index (χ1v) is 10.8. The van der Waals surface area contributed by atoms with Gasteiger partial charge in [-0.3, -0.25) is 9.48 Å². The minimum absolute atomic E-state index is 0.0133. The molecule has 3 aromatic rings.